The first-order chi connectivity index (χ1) is 6.17. The van der Waals surface area contributed by atoms with Crippen molar-refractivity contribution in [3.05, 3.63) is 12.7 Å². The third-order valence-electron chi connectivity index (χ3n) is 2.77. The number of carboxylic acid groups (broad SMARTS) is 1. The molecule has 0 aromatic rings. The molecular formula is C10H17NO2. The first kappa shape index (κ1) is 10.3. The van der Waals surface area contributed by atoms with Crippen LogP contribution in [0.3, 0.4) is 0 Å². The monoisotopic (exact) mass is 183 g/mol. The Kier molecular flexibility index (Phi) is 3.09. The molecule has 3 heteroatoms. The lowest BCUT2D eigenvalue weighted by Gasteiger charge is -2.09. The number of hydrogen-bond donors (Lipinski definition) is 1. The topological polar surface area (TPSA) is 40.3 Å². The van der Waals surface area contributed by atoms with Crippen LogP contribution in [0, 0.1) is 0 Å². The summed E-state index contributed by atoms with van der Waals surface area (Å²) in [6, 6.07) is 0. The molecule has 1 N–H and O–H groups in total. The van der Waals surface area contributed by atoms with Crippen molar-refractivity contribution in [1.29, 1.82) is 0 Å². The molecule has 0 amide bonds. The van der Waals surface area contributed by atoms with E-state index >= 15 is 0 Å². The molecule has 0 spiro atoms. The third kappa shape index (κ3) is 1.91. The van der Waals surface area contributed by atoms with Crippen molar-refractivity contribution in [2.45, 2.75) is 31.7 Å². The zero-order valence-electron chi connectivity index (χ0n) is 8.12. The number of unbranched alkanes of at least 4 members (excludes halogenated alkanes) is 1. The van der Waals surface area contributed by atoms with Gasteiger partial charge in [-0.05, 0) is 25.8 Å². The van der Waals surface area contributed by atoms with Gasteiger partial charge in [-0.25, -0.2) is 0 Å². The van der Waals surface area contributed by atoms with Crippen LogP contribution >= 0.6 is 0 Å². The van der Waals surface area contributed by atoms with Gasteiger partial charge in [-0.1, -0.05) is 13.0 Å². The van der Waals surface area contributed by atoms with Crippen molar-refractivity contribution in [2.75, 3.05) is 13.1 Å². The maximum absolute atomic E-state index is 10.9. The minimum Gasteiger partial charge on any atom is -0.480 e. The minimum absolute atomic E-state index is 0.527. The summed E-state index contributed by atoms with van der Waals surface area (Å²) < 4.78 is 0. The summed E-state index contributed by atoms with van der Waals surface area (Å²) in [6.07, 6.45) is 4.56. The smallest absolute Gasteiger partial charge is 0.325 e. The Balaban J connectivity index is 2.33. The Morgan fingerprint density at radius 2 is 2.46 bits per heavy atom. The van der Waals surface area contributed by atoms with E-state index < -0.39 is 11.5 Å². The lowest BCUT2D eigenvalue weighted by molar-refractivity contribution is -0.141. The molecule has 1 heterocycles. The highest BCUT2D eigenvalue weighted by Crippen LogP contribution is 2.35. The van der Waals surface area contributed by atoms with E-state index in [1.54, 1.807) is 0 Å². The van der Waals surface area contributed by atoms with Gasteiger partial charge in [-0.2, -0.15) is 0 Å². The number of allylic oxidation sites excluding steroid dienone is 1. The second-order valence-corrected chi connectivity index (χ2v) is 3.54. The minimum atomic E-state index is -0.673. The van der Waals surface area contributed by atoms with Crippen molar-refractivity contribution in [1.82, 2.24) is 4.90 Å². The molecule has 3 nitrogen and oxygen atoms in total. The first-order valence-corrected chi connectivity index (χ1v) is 4.76. The number of carbonyl (C=O) groups is 1. The second-order valence-electron chi connectivity index (χ2n) is 3.54. The summed E-state index contributed by atoms with van der Waals surface area (Å²) in [5.74, 6) is -0.673. The maximum atomic E-state index is 10.9. The van der Waals surface area contributed by atoms with Gasteiger partial charge < -0.3 is 5.11 Å². The predicted molar refractivity (Wildman–Crippen MR) is 51.7 cm³/mol. The van der Waals surface area contributed by atoms with Crippen LogP contribution in [0.4, 0.5) is 0 Å². The van der Waals surface area contributed by atoms with Crippen LogP contribution in [0.25, 0.3) is 0 Å². The molecule has 0 saturated carbocycles. The van der Waals surface area contributed by atoms with Crippen molar-refractivity contribution >= 4 is 5.97 Å². The van der Waals surface area contributed by atoms with E-state index in [4.69, 9.17) is 5.11 Å². The molecule has 74 valence electrons. The average Bonchev–Trinajstić information content (AvgIpc) is 2.81. The molecule has 1 aliphatic heterocycles. The molecule has 0 aromatic carbocycles. The fraction of sp³-hybridized carbons (Fsp3) is 0.700. The van der Waals surface area contributed by atoms with Gasteiger partial charge in [0.15, 0.2) is 0 Å². The standard InChI is InChI=1S/C10H17NO2/c1-3-5-6-7-11-8-10(11,4-2)9(12)13/h3H,1,4-8H2,2H3,(H,12,13). The molecule has 1 fully saturated rings. The van der Waals surface area contributed by atoms with Crippen molar-refractivity contribution < 1.29 is 9.90 Å². The zero-order chi connectivity index (χ0) is 9.90. The first-order valence-electron chi connectivity index (χ1n) is 4.76. The van der Waals surface area contributed by atoms with E-state index in [2.05, 4.69) is 6.58 Å². The molecule has 0 bridgehead atoms. The number of nitrogens with zero attached hydrogens (tertiary/aromatic N) is 1. The Labute approximate surface area is 79.0 Å². The van der Waals surface area contributed by atoms with Crippen molar-refractivity contribution in [3.8, 4) is 0 Å². The van der Waals surface area contributed by atoms with Crippen LogP contribution in [-0.2, 0) is 4.79 Å². The Hall–Kier alpha value is -0.830. The highest BCUT2D eigenvalue weighted by Gasteiger charge is 2.56. The molecular weight excluding hydrogens is 166 g/mol. The van der Waals surface area contributed by atoms with Crippen LogP contribution in [0.15, 0.2) is 12.7 Å². The van der Waals surface area contributed by atoms with Crippen LogP contribution in [0.2, 0.25) is 0 Å². The summed E-state index contributed by atoms with van der Waals surface area (Å²) in [5.41, 5.74) is -0.527. The lowest BCUT2D eigenvalue weighted by Crippen LogP contribution is -2.28. The number of carboxylic acids is 1. The van der Waals surface area contributed by atoms with E-state index in [0.717, 1.165) is 25.9 Å². The molecule has 1 aliphatic rings. The van der Waals surface area contributed by atoms with Gasteiger partial charge in [-0.15, -0.1) is 6.58 Å². The van der Waals surface area contributed by atoms with E-state index in [9.17, 15) is 4.79 Å². The maximum Gasteiger partial charge on any atom is 0.325 e. The molecule has 13 heavy (non-hydrogen) atoms. The number of aliphatic carboxylic acids is 1. The van der Waals surface area contributed by atoms with E-state index in [1.807, 2.05) is 17.9 Å². The summed E-state index contributed by atoms with van der Waals surface area (Å²) in [7, 11) is 0. The van der Waals surface area contributed by atoms with E-state index in [-0.39, 0.29) is 0 Å². The SMILES string of the molecule is C=CCCCN1CC1(CC)C(=O)O. The Bertz CT molecular complexity index is 215. The highest BCUT2D eigenvalue weighted by atomic mass is 16.4. The van der Waals surface area contributed by atoms with E-state index in [0.29, 0.717) is 6.42 Å². The van der Waals surface area contributed by atoms with Crippen molar-refractivity contribution in [3.63, 3.8) is 0 Å². The summed E-state index contributed by atoms with van der Waals surface area (Å²) in [4.78, 5) is 12.9. The number of rotatable bonds is 6. The average molecular weight is 183 g/mol. The van der Waals surface area contributed by atoms with Crippen LogP contribution in [-0.4, -0.2) is 34.6 Å². The fourth-order valence-corrected chi connectivity index (χ4v) is 1.69. The van der Waals surface area contributed by atoms with Gasteiger partial charge in [-0.3, -0.25) is 9.69 Å². The highest BCUT2D eigenvalue weighted by molar-refractivity contribution is 5.82. The van der Waals surface area contributed by atoms with Gasteiger partial charge in [0.05, 0.1) is 0 Å². The Morgan fingerprint density at radius 1 is 1.77 bits per heavy atom. The Morgan fingerprint density at radius 3 is 2.85 bits per heavy atom. The normalized spacial score (nSPS) is 31.3. The zero-order valence-corrected chi connectivity index (χ0v) is 8.12. The van der Waals surface area contributed by atoms with Gasteiger partial charge in [0.1, 0.15) is 5.54 Å². The molecule has 0 aliphatic carbocycles. The molecule has 0 aromatic heterocycles. The van der Waals surface area contributed by atoms with Crippen molar-refractivity contribution in [2.24, 2.45) is 0 Å². The van der Waals surface area contributed by atoms with Gasteiger partial charge in [0.25, 0.3) is 0 Å². The number of hydrogen-bond acceptors (Lipinski definition) is 2. The van der Waals surface area contributed by atoms with Crippen LogP contribution in [0.5, 0.6) is 0 Å². The summed E-state index contributed by atoms with van der Waals surface area (Å²) >= 11 is 0. The third-order valence-corrected chi connectivity index (χ3v) is 2.77. The summed E-state index contributed by atoms with van der Waals surface area (Å²) in [5, 5.41) is 8.97. The second kappa shape index (κ2) is 3.92. The molecule has 1 rings (SSSR count). The fourth-order valence-electron chi connectivity index (χ4n) is 1.69. The van der Waals surface area contributed by atoms with Gasteiger partial charge in [0, 0.05) is 6.54 Å². The van der Waals surface area contributed by atoms with Gasteiger partial charge in [0.2, 0.25) is 0 Å². The molecule has 2 atom stereocenters. The lowest BCUT2D eigenvalue weighted by atomic mass is 10.1. The van der Waals surface area contributed by atoms with Gasteiger partial charge >= 0.3 is 5.97 Å². The quantitative estimate of drug-likeness (QED) is 0.385. The summed E-state index contributed by atoms with van der Waals surface area (Å²) in [6.45, 7) is 7.17. The molecule has 1 saturated heterocycles. The van der Waals surface area contributed by atoms with E-state index in [1.165, 1.54) is 0 Å². The van der Waals surface area contributed by atoms with Crippen LogP contribution in [0.1, 0.15) is 26.2 Å². The largest absolute Gasteiger partial charge is 0.480 e. The molecule has 0 radical (unpaired) electrons. The molecule has 2 unspecified atom stereocenters. The van der Waals surface area contributed by atoms with Crippen LogP contribution < -0.4 is 0 Å². The predicted octanol–water partition coefficient (Wildman–Crippen LogP) is 1.50.